The van der Waals surface area contributed by atoms with Crippen LogP contribution in [0.3, 0.4) is 0 Å². The molecule has 0 fully saturated rings. The maximum atomic E-state index is 5.80. The third-order valence-electron chi connectivity index (χ3n) is 4.22. The largest absolute Gasteiger partial charge is 0.371 e. The molecule has 2 rings (SSSR count). The van der Waals surface area contributed by atoms with E-state index in [9.17, 15) is 0 Å². The van der Waals surface area contributed by atoms with Crippen LogP contribution in [0.1, 0.15) is 61.2 Å². The third kappa shape index (κ3) is 2.22. The van der Waals surface area contributed by atoms with Crippen LogP contribution in [0.2, 0.25) is 0 Å². The van der Waals surface area contributed by atoms with Crippen LogP contribution in [0.25, 0.3) is 0 Å². The standard InChI is InChI=1S/C14H24N2OS/c1-5-14(6-2,17-4)13-16-11-9-7-8-10(15-3)12(11)18-13/h10,15H,5-9H2,1-4H3. The van der Waals surface area contributed by atoms with Crippen LogP contribution in [0.4, 0.5) is 0 Å². The minimum Gasteiger partial charge on any atom is -0.371 e. The van der Waals surface area contributed by atoms with E-state index in [-0.39, 0.29) is 5.60 Å². The predicted molar refractivity (Wildman–Crippen MR) is 76.1 cm³/mol. The first kappa shape index (κ1) is 14.0. The summed E-state index contributed by atoms with van der Waals surface area (Å²) >= 11 is 1.85. The summed E-state index contributed by atoms with van der Waals surface area (Å²) < 4.78 is 5.80. The second kappa shape index (κ2) is 5.68. The number of nitrogens with zero attached hydrogens (tertiary/aromatic N) is 1. The van der Waals surface area contributed by atoms with Crippen molar-refractivity contribution >= 4 is 11.3 Å². The number of aromatic nitrogens is 1. The van der Waals surface area contributed by atoms with Gasteiger partial charge >= 0.3 is 0 Å². The van der Waals surface area contributed by atoms with Crippen molar-refractivity contribution in [3.63, 3.8) is 0 Å². The van der Waals surface area contributed by atoms with Gasteiger partial charge in [0.15, 0.2) is 0 Å². The Morgan fingerprint density at radius 2 is 2.17 bits per heavy atom. The van der Waals surface area contributed by atoms with Crippen LogP contribution in [0.15, 0.2) is 0 Å². The first-order valence-electron chi connectivity index (χ1n) is 6.93. The molecule has 0 aliphatic heterocycles. The molecule has 1 unspecified atom stereocenters. The van der Waals surface area contributed by atoms with E-state index in [1.54, 1.807) is 0 Å². The van der Waals surface area contributed by atoms with Crippen LogP contribution in [0.5, 0.6) is 0 Å². The number of aryl methyl sites for hydroxylation is 1. The van der Waals surface area contributed by atoms with E-state index < -0.39 is 0 Å². The summed E-state index contributed by atoms with van der Waals surface area (Å²) in [5, 5.41) is 4.58. The van der Waals surface area contributed by atoms with Gasteiger partial charge < -0.3 is 10.1 Å². The number of rotatable bonds is 5. The molecule has 3 nitrogen and oxygen atoms in total. The van der Waals surface area contributed by atoms with Gasteiger partial charge in [0.2, 0.25) is 0 Å². The molecule has 0 radical (unpaired) electrons. The number of thiazole rings is 1. The normalized spacial score (nSPS) is 19.9. The van der Waals surface area contributed by atoms with Gasteiger partial charge in [0.1, 0.15) is 10.6 Å². The van der Waals surface area contributed by atoms with Crippen molar-refractivity contribution in [1.82, 2.24) is 10.3 Å². The van der Waals surface area contributed by atoms with Crippen LogP contribution in [-0.2, 0) is 16.8 Å². The molecule has 0 amide bonds. The van der Waals surface area contributed by atoms with Gasteiger partial charge in [-0.25, -0.2) is 4.98 Å². The molecule has 0 aromatic carbocycles. The second-order valence-electron chi connectivity index (χ2n) is 4.97. The molecule has 102 valence electrons. The van der Waals surface area contributed by atoms with Gasteiger partial charge in [-0.2, -0.15) is 0 Å². The van der Waals surface area contributed by atoms with Crippen molar-refractivity contribution in [2.45, 2.75) is 57.6 Å². The fourth-order valence-electron chi connectivity index (χ4n) is 2.82. The molecular formula is C14H24N2OS. The minimum atomic E-state index is -0.180. The molecule has 18 heavy (non-hydrogen) atoms. The van der Waals surface area contributed by atoms with E-state index >= 15 is 0 Å². The van der Waals surface area contributed by atoms with Gasteiger partial charge in [0.25, 0.3) is 0 Å². The molecule has 4 heteroatoms. The lowest BCUT2D eigenvalue weighted by molar-refractivity contribution is -0.0219. The zero-order chi connectivity index (χ0) is 13.2. The van der Waals surface area contributed by atoms with Gasteiger partial charge in [-0.3, -0.25) is 0 Å². The van der Waals surface area contributed by atoms with Gasteiger partial charge in [0, 0.05) is 18.0 Å². The lowest BCUT2D eigenvalue weighted by Crippen LogP contribution is -2.26. The summed E-state index contributed by atoms with van der Waals surface area (Å²) in [6, 6.07) is 0.489. The molecular weight excluding hydrogens is 244 g/mol. The Morgan fingerprint density at radius 1 is 1.44 bits per heavy atom. The molecule has 1 atom stereocenters. The van der Waals surface area contributed by atoms with Gasteiger partial charge in [0.05, 0.1) is 5.69 Å². The molecule has 1 aromatic heterocycles. The number of hydrogen-bond donors (Lipinski definition) is 1. The highest BCUT2D eigenvalue weighted by molar-refractivity contribution is 7.12. The molecule has 1 aliphatic carbocycles. The Balaban J connectivity index is 2.39. The number of methoxy groups -OCH3 is 1. The summed E-state index contributed by atoms with van der Waals surface area (Å²) in [7, 11) is 3.85. The summed E-state index contributed by atoms with van der Waals surface area (Å²) in [5.74, 6) is 0. The number of hydrogen-bond acceptors (Lipinski definition) is 4. The lowest BCUT2D eigenvalue weighted by Gasteiger charge is -2.27. The maximum Gasteiger partial charge on any atom is 0.125 e. The Morgan fingerprint density at radius 3 is 2.72 bits per heavy atom. The fourth-order valence-corrected chi connectivity index (χ4v) is 4.38. The molecule has 0 saturated heterocycles. The lowest BCUT2D eigenvalue weighted by atomic mass is 9.97. The van der Waals surface area contributed by atoms with Crippen molar-refractivity contribution in [2.24, 2.45) is 0 Å². The molecule has 0 spiro atoms. The van der Waals surface area contributed by atoms with Crippen molar-refractivity contribution in [3.05, 3.63) is 15.6 Å². The number of fused-ring (bicyclic) bond motifs is 1. The number of ether oxygens (including phenoxy) is 1. The SMILES string of the molecule is CCC(CC)(OC)c1nc2c(s1)C(NC)CCC2. The first-order chi connectivity index (χ1) is 8.70. The van der Waals surface area contributed by atoms with E-state index in [0.717, 1.165) is 19.3 Å². The molecule has 1 heterocycles. The average molecular weight is 268 g/mol. The zero-order valence-electron chi connectivity index (χ0n) is 11.9. The maximum absolute atomic E-state index is 5.80. The van der Waals surface area contributed by atoms with E-state index in [0.29, 0.717) is 6.04 Å². The topological polar surface area (TPSA) is 34.1 Å². The summed E-state index contributed by atoms with van der Waals surface area (Å²) in [6.45, 7) is 4.37. The molecule has 0 saturated carbocycles. The van der Waals surface area contributed by atoms with E-state index in [2.05, 4.69) is 19.2 Å². The number of nitrogens with one attached hydrogen (secondary N) is 1. The summed E-state index contributed by atoms with van der Waals surface area (Å²) in [6.07, 6.45) is 5.55. The smallest absolute Gasteiger partial charge is 0.125 e. The van der Waals surface area contributed by atoms with Crippen molar-refractivity contribution in [1.29, 1.82) is 0 Å². The Hall–Kier alpha value is -0.450. The Bertz CT molecular complexity index is 390. The van der Waals surface area contributed by atoms with Crippen molar-refractivity contribution in [2.75, 3.05) is 14.2 Å². The van der Waals surface area contributed by atoms with Crippen LogP contribution >= 0.6 is 11.3 Å². The van der Waals surface area contributed by atoms with E-state index in [1.165, 1.54) is 28.4 Å². The molecule has 0 bridgehead atoms. The molecule has 1 aliphatic rings. The second-order valence-corrected chi connectivity index (χ2v) is 6.00. The fraction of sp³-hybridized carbons (Fsp3) is 0.786. The van der Waals surface area contributed by atoms with E-state index in [1.807, 2.05) is 25.5 Å². The van der Waals surface area contributed by atoms with Crippen molar-refractivity contribution < 1.29 is 4.74 Å². The highest BCUT2D eigenvalue weighted by atomic mass is 32.1. The Labute approximate surface area is 114 Å². The van der Waals surface area contributed by atoms with Gasteiger partial charge in [-0.15, -0.1) is 11.3 Å². The third-order valence-corrected chi connectivity index (χ3v) is 5.62. The highest BCUT2D eigenvalue weighted by Gasteiger charge is 2.34. The monoisotopic (exact) mass is 268 g/mol. The zero-order valence-corrected chi connectivity index (χ0v) is 12.7. The van der Waals surface area contributed by atoms with Crippen LogP contribution in [-0.4, -0.2) is 19.1 Å². The van der Waals surface area contributed by atoms with E-state index in [4.69, 9.17) is 9.72 Å². The average Bonchev–Trinajstić information content (AvgIpc) is 2.85. The highest BCUT2D eigenvalue weighted by Crippen LogP contribution is 2.41. The minimum absolute atomic E-state index is 0.180. The first-order valence-corrected chi connectivity index (χ1v) is 7.74. The van der Waals surface area contributed by atoms with Crippen molar-refractivity contribution in [3.8, 4) is 0 Å². The van der Waals surface area contributed by atoms with Gasteiger partial charge in [-0.05, 0) is 39.2 Å². The summed E-state index contributed by atoms with van der Waals surface area (Å²) in [4.78, 5) is 6.32. The quantitative estimate of drug-likeness (QED) is 0.888. The van der Waals surface area contributed by atoms with Crippen LogP contribution in [0, 0.1) is 0 Å². The van der Waals surface area contributed by atoms with Gasteiger partial charge in [-0.1, -0.05) is 13.8 Å². The Kier molecular flexibility index (Phi) is 4.41. The summed E-state index contributed by atoms with van der Waals surface area (Å²) in [5.41, 5.74) is 1.12. The van der Waals surface area contributed by atoms with Crippen LogP contribution < -0.4 is 5.32 Å². The molecule has 1 aromatic rings. The predicted octanol–water partition coefficient (Wildman–Crippen LogP) is 3.40. The molecule has 1 N–H and O–H groups in total.